The number of ether oxygens (including phenoxy) is 1. The second kappa shape index (κ2) is 8.80. The number of nitrogens with two attached hydrogens (primary N) is 2. The molecular weight excluding hydrogens is 408 g/mol. The highest BCUT2D eigenvalue weighted by Gasteiger charge is 2.18. The van der Waals surface area contributed by atoms with Gasteiger partial charge in [-0.05, 0) is 49.7 Å². The van der Waals surface area contributed by atoms with Gasteiger partial charge in [-0.15, -0.1) is 0 Å². The van der Waals surface area contributed by atoms with Crippen LogP contribution in [0.5, 0.6) is 0 Å². The lowest BCUT2D eigenvalue weighted by molar-refractivity contribution is 0.0600. The zero-order valence-corrected chi connectivity index (χ0v) is 17.1. The number of aliphatic hydroxyl groups is 1. The third-order valence-electron chi connectivity index (χ3n) is 3.45. The molecule has 2 aromatic rings. The second-order valence-electron chi connectivity index (χ2n) is 6.20. The minimum atomic E-state index is -3.77. The Bertz CT molecular complexity index is 1060. The van der Waals surface area contributed by atoms with Crippen LogP contribution in [-0.2, 0) is 30.4 Å². The van der Waals surface area contributed by atoms with E-state index in [4.69, 9.17) is 10.3 Å². The van der Waals surface area contributed by atoms with Gasteiger partial charge >= 0.3 is 5.97 Å². The zero-order chi connectivity index (χ0) is 21.8. The third kappa shape index (κ3) is 7.02. The van der Waals surface area contributed by atoms with Crippen molar-refractivity contribution >= 4 is 26.0 Å². The third-order valence-corrected chi connectivity index (χ3v) is 5.27. The molecule has 11 heteroatoms. The molecule has 9 nitrogen and oxygen atoms in total. The molecule has 0 amide bonds. The van der Waals surface area contributed by atoms with Crippen molar-refractivity contribution in [1.29, 1.82) is 0 Å². The van der Waals surface area contributed by atoms with E-state index in [1.54, 1.807) is 26.0 Å². The quantitative estimate of drug-likeness (QED) is 0.599. The first-order valence-electron chi connectivity index (χ1n) is 7.73. The van der Waals surface area contributed by atoms with Crippen molar-refractivity contribution in [2.45, 2.75) is 29.2 Å². The number of benzene rings is 2. The lowest BCUT2D eigenvalue weighted by Crippen LogP contribution is -2.18. The molecule has 0 unspecified atom stereocenters. The molecule has 28 heavy (non-hydrogen) atoms. The monoisotopic (exact) mass is 430 g/mol. The van der Waals surface area contributed by atoms with E-state index in [0.29, 0.717) is 5.56 Å². The van der Waals surface area contributed by atoms with Crippen molar-refractivity contribution in [3.63, 3.8) is 0 Å². The summed E-state index contributed by atoms with van der Waals surface area (Å²) in [7, 11) is -6.26. The van der Waals surface area contributed by atoms with E-state index in [2.05, 4.69) is 4.74 Å². The molecule has 0 heterocycles. The summed E-state index contributed by atoms with van der Waals surface area (Å²) in [6.07, 6.45) is 0. The van der Waals surface area contributed by atoms with E-state index >= 15 is 0 Å². The van der Waals surface area contributed by atoms with E-state index in [1.165, 1.54) is 43.5 Å². The maximum absolute atomic E-state index is 11.0. The Kier molecular flexibility index (Phi) is 7.45. The van der Waals surface area contributed by atoms with Gasteiger partial charge in [0, 0.05) is 0 Å². The first kappa shape index (κ1) is 23.7. The molecular formula is C17H22N2O7S2. The fourth-order valence-electron chi connectivity index (χ4n) is 1.97. The number of methoxy groups -OCH3 is 1. The fraction of sp³-hybridized carbons (Fsp3) is 0.235. The van der Waals surface area contributed by atoms with Crippen LogP contribution >= 0.6 is 0 Å². The van der Waals surface area contributed by atoms with Gasteiger partial charge in [-0.25, -0.2) is 31.9 Å². The van der Waals surface area contributed by atoms with Crippen LogP contribution in [0.15, 0.2) is 58.3 Å². The Morgan fingerprint density at radius 3 is 1.82 bits per heavy atom. The van der Waals surface area contributed by atoms with Gasteiger partial charge in [-0.1, -0.05) is 18.2 Å². The lowest BCUT2D eigenvalue weighted by atomic mass is 9.99. The Morgan fingerprint density at radius 1 is 0.929 bits per heavy atom. The van der Waals surface area contributed by atoms with Crippen molar-refractivity contribution in [1.82, 2.24) is 0 Å². The van der Waals surface area contributed by atoms with Crippen LogP contribution in [0, 0.1) is 0 Å². The normalized spacial score (nSPS) is 11.9. The van der Waals surface area contributed by atoms with Crippen LogP contribution in [0.25, 0.3) is 0 Å². The maximum Gasteiger partial charge on any atom is 0.337 e. The van der Waals surface area contributed by atoms with Crippen LogP contribution in [0.1, 0.15) is 29.8 Å². The molecule has 0 spiro atoms. The zero-order valence-electron chi connectivity index (χ0n) is 15.5. The number of primary sulfonamides is 2. The molecule has 5 N–H and O–H groups in total. The van der Waals surface area contributed by atoms with Crippen molar-refractivity contribution in [3.05, 3.63) is 59.7 Å². The molecule has 0 aliphatic carbocycles. The minimum Gasteiger partial charge on any atom is -0.465 e. The van der Waals surface area contributed by atoms with E-state index in [9.17, 15) is 26.7 Å². The van der Waals surface area contributed by atoms with Crippen LogP contribution in [0.2, 0.25) is 0 Å². The molecule has 0 radical (unpaired) electrons. The molecule has 2 aromatic carbocycles. The number of rotatable bonds is 4. The molecule has 0 atom stereocenters. The SMILES string of the molecule is CC(C)(O)c1cccc(S(N)(=O)=O)c1.COC(=O)c1cccc(S(N)(=O)=O)c1. The molecule has 0 saturated heterocycles. The fourth-order valence-corrected chi connectivity index (χ4v) is 3.09. The first-order chi connectivity index (χ1) is 12.7. The summed E-state index contributed by atoms with van der Waals surface area (Å²) < 4.78 is 48.3. The predicted octanol–water partition coefficient (Wildman–Crippen LogP) is 0.682. The average Bonchev–Trinajstić information content (AvgIpc) is 2.59. The number of hydrogen-bond acceptors (Lipinski definition) is 7. The van der Waals surface area contributed by atoms with Crippen molar-refractivity contribution in [2.24, 2.45) is 10.3 Å². The number of sulfonamides is 2. The lowest BCUT2D eigenvalue weighted by Gasteiger charge is -2.17. The summed E-state index contributed by atoms with van der Waals surface area (Å²) >= 11 is 0. The van der Waals surface area contributed by atoms with Crippen LogP contribution in [-0.4, -0.2) is 35.0 Å². The number of carbonyl (C=O) groups is 1. The van der Waals surface area contributed by atoms with Gasteiger partial charge in [0.2, 0.25) is 20.0 Å². The van der Waals surface area contributed by atoms with Gasteiger partial charge in [0.25, 0.3) is 0 Å². The van der Waals surface area contributed by atoms with Crippen molar-refractivity contribution < 1.29 is 31.5 Å². The highest BCUT2D eigenvalue weighted by Crippen LogP contribution is 2.21. The van der Waals surface area contributed by atoms with Crippen molar-refractivity contribution in [3.8, 4) is 0 Å². The smallest absolute Gasteiger partial charge is 0.337 e. The van der Waals surface area contributed by atoms with E-state index in [-0.39, 0.29) is 15.4 Å². The Hall–Kier alpha value is -2.31. The number of esters is 1. The molecule has 0 aliphatic rings. The second-order valence-corrected chi connectivity index (χ2v) is 9.32. The molecule has 0 fully saturated rings. The summed E-state index contributed by atoms with van der Waals surface area (Å²) in [4.78, 5) is 10.9. The largest absolute Gasteiger partial charge is 0.465 e. The first-order valence-corrected chi connectivity index (χ1v) is 10.8. The molecule has 0 saturated carbocycles. The van der Waals surface area contributed by atoms with Crippen LogP contribution < -0.4 is 10.3 Å². The van der Waals surface area contributed by atoms with Crippen molar-refractivity contribution in [2.75, 3.05) is 7.11 Å². The molecule has 0 aromatic heterocycles. The van der Waals surface area contributed by atoms with Gasteiger partial charge < -0.3 is 9.84 Å². The molecule has 2 rings (SSSR count). The van der Waals surface area contributed by atoms with Crippen LogP contribution in [0.4, 0.5) is 0 Å². The van der Waals surface area contributed by atoms with Gasteiger partial charge in [0.1, 0.15) is 0 Å². The topological polar surface area (TPSA) is 167 Å². The van der Waals surface area contributed by atoms with Crippen LogP contribution in [0.3, 0.4) is 0 Å². The highest BCUT2D eigenvalue weighted by molar-refractivity contribution is 7.89. The van der Waals surface area contributed by atoms with Gasteiger partial charge in [-0.2, -0.15) is 0 Å². The molecule has 0 bridgehead atoms. The Morgan fingerprint density at radius 2 is 1.39 bits per heavy atom. The summed E-state index contributed by atoms with van der Waals surface area (Å²) in [6, 6.07) is 11.3. The predicted molar refractivity (Wildman–Crippen MR) is 102 cm³/mol. The van der Waals surface area contributed by atoms with E-state index in [1.807, 2.05) is 0 Å². The maximum atomic E-state index is 11.0. The van der Waals surface area contributed by atoms with Gasteiger partial charge in [0.05, 0.1) is 28.1 Å². The number of carbonyl (C=O) groups excluding carboxylic acids is 1. The number of hydrogen-bond donors (Lipinski definition) is 3. The Labute approximate surface area is 164 Å². The standard InChI is InChI=1S/C9H13NO3S.C8H9NO4S/c1-9(2,11)7-4-3-5-8(6-7)14(10,12)13;1-13-8(10)6-3-2-4-7(5-6)14(9,11)12/h3-6,11H,1-2H3,(H2,10,12,13);2-5H,1H3,(H2,9,11,12). The summed E-state index contributed by atoms with van der Waals surface area (Å²) in [5.74, 6) is -0.601. The Balaban J connectivity index is 0.000000280. The summed E-state index contributed by atoms with van der Waals surface area (Å²) in [6.45, 7) is 3.16. The highest BCUT2D eigenvalue weighted by atomic mass is 32.2. The molecule has 0 aliphatic heterocycles. The summed E-state index contributed by atoms with van der Waals surface area (Å²) in [5, 5.41) is 19.5. The van der Waals surface area contributed by atoms with E-state index in [0.717, 1.165) is 0 Å². The average molecular weight is 431 g/mol. The summed E-state index contributed by atoms with van der Waals surface area (Å²) in [5.41, 5.74) is -0.399. The molecule has 154 valence electrons. The van der Waals surface area contributed by atoms with Gasteiger partial charge in [-0.3, -0.25) is 0 Å². The van der Waals surface area contributed by atoms with Gasteiger partial charge in [0.15, 0.2) is 0 Å². The minimum absolute atomic E-state index is 0.0112. The van der Waals surface area contributed by atoms with E-state index < -0.39 is 31.6 Å².